The van der Waals surface area contributed by atoms with Gasteiger partial charge in [0.15, 0.2) is 0 Å². The van der Waals surface area contributed by atoms with E-state index >= 15 is 0 Å². The Morgan fingerprint density at radius 1 is 1.11 bits per heavy atom. The van der Waals surface area contributed by atoms with E-state index in [0.29, 0.717) is 25.9 Å². The molecule has 0 aliphatic heterocycles. The predicted octanol–water partition coefficient (Wildman–Crippen LogP) is 1.54. The molecule has 0 aliphatic rings. The Morgan fingerprint density at radius 3 is 1.79 bits per heavy atom. The normalized spacial score (nSPS) is 13.2. The molecule has 6 nitrogen and oxygen atoms in total. The summed E-state index contributed by atoms with van der Waals surface area (Å²) in [5.74, 6) is -1.15. The number of likely N-dealkylation sites (N-methyl/N-ethyl adjacent to an activating group) is 1. The highest BCUT2D eigenvalue weighted by atomic mass is 32.2. The summed E-state index contributed by atoms with van der Waals surface area (Å²) in [6, 6.07) is 0. The van der Waals surface area contributed by atoms with Gasteiger partial charge in [0, 0.05) is 19.6 Å². The summed E-state index contributed by atoms with van der Waals surface area (Å²) in [5, 5.41) is 9.22. The van der Waals surface area contributed by atoms with Crippen molar-refractivity contribution in [3.8, 4) is 0 Å². The Labute approximate surface area is 116 Å². The monoisotopic (exact) mass is 294 g/mol. The molecule has 0 saturated carbocycles. The molecule has 0 bridgehead atoms. The summed E-state index contributed by atoms with van der Waals surface area (Å²) < 4.78 is 27.6. The van der Waals surface area contributed by atoms with Crippen LogP contribution in [0, 0.1) is 0 Å². The van der Waals surface area contributed by atoms with Gasteiger partial charge in [-0.1, -0.05) is 20.8 Å². The standard InChI is InChI=1S/C12H26N2O4S/c1-6-9-13(10-7-2)19(17,18)14(8-3)12(4,5)11(15)16/h6-10H2,1-5H3,(H,15,16). The second-order valence-electron chi connectivity index (χ2n) is 4.94. The molecule has 0 rings (SSSR count). The summed E-state index contributed by atoms with van der Waals surface area (Å²) in [6.45, 7) is 9.21. The van der Waals surface area contributed by atoms with Crippen LogP contribution in [0.1, 0.15) is 47.5 Å². The van der Waals surface area contributed by atoms with Crippen LogP contribution in [0.2, 0.25) is 0 Å². The van der Waals surface area contributed by atoms with Gasteiger partial charge in [0.05, 0.1) is 0 Å². The van der Waals surface area contributed by atoms with Crippen LogP contribution in [0.5, 0.6) is 0 Å². The third-order valence-corrected chi connectivity index (χ3v) is 5.27. The average Bonchev–Trinajstić information content (AvgIpc) is 2.28. The fraction of sp³-hybridized carbons (Fsp3) is 0.917. The van der Waals surface area contributed by atoms with Crippen LogP contribution in [0.25, 0.3) is 0 Å². The van der Waals surface area contributed by atoms with Crippen molar-refractivity contribution in [3.63, 3.8) is 0 Å². The number of carboxylic acid groups (broad SMARTS) is 1. The minimum atomic E-state index is -3.75. The zero-order valence-corrected chi connectivity index (χ0v) is 13.3. The molecule has 0 aromatic heterocycles. The van der Waals surface area contributed by atoms with E-state index in [1.54, 1.807) is 6.92 Å². The van der Waals surface area contributed by atoms with Crippen LogP contribution >= 0.6 is 0 Å². The Hall–Kier alpha value is -0.660. The number of rotatable bonds is 9. The van der Waals surface area contributed by atoms with Gasteiger partial charge in [-0.2, -0.15) is 17.0 Å². The Balaban J connectivity index is 5.49. The van der Waals surface area contributed by atoms with E-state index in [-0.39, 0.29) is 6.54 Å². The fourth-order valence-corrected chi connectivity index (χ4v) is 4.02. The maximum absolute atomic E-state index is 12.6. The molecule has 0 aliphatic carbocycles. The Kier molecular flexibility index (Phi) is 6.96. The highest BCUT2D eigenvalue weighted by molar-refractivity contribution is 7.86. The molecule has 114 valence electrons. The highest BCUT2D eigenvalue weighted by Gasteiger charge is 2.43. The van der Waals surface area contributed by atoms with Crippen molar-refractivity contribution >= 4 is 16.2 Å². The maximum atomic E-state index is 12.6. The zero-order valence-electron chi connectivity index (χ0n) is 12.5. The molecule has 0 saturated heterocycles. The van der Waals surface area contributed by atoms with Crippen molar-refractivity contribution in [2.24, 2.45) is 0 Å². The van der Waals surface area contributed by atoms with E-state index in [9.17, 15) is 18.3 Å². The van der Waals surface area contributed by atoms with Crippen molar-refractivity contribution < 1.29 is 18.3 Å². The van der Waals surface area contributed by atoms with E-state index in [2.05, 4.69) is 0 Å². The first-order chi connectivity index (χ1) is 8.66. The molecule has 7 heteroatoms. The lowest BCUT2D eigenvalue weighted by atomic mass is 10.1. The molecule has 0 aromatic carbocycles. The summed E-state index contributed by atoms with van der Waals surface area (Å²) >= 11 is 0. The van der Waals surface area contributed by atoms with Crippen molar-refractivity contribution in [3.05, 3.63) is 0 Å². The van der Waals surface area contributed by atoms with Crippen LogP contribution in [0.3, 0.4) is 0 Å². The first-order valence-electron chi connectivity index (χ1n) is 6.67. The van der Waals surface area contributed by atoms with Crippen LogP contribution in [-0.4, -0.2) is 53.3 Å². The Bertz CT molecular complexity index is 387. The molecule has 0 amide bonds. The van der Waals surface area contributed by atoms with Gasteiger partial charge in [0.2, 0.25) is 0 Å². The average molecular weight is 294 g/mol. The van der Waals surface area contributed by atoms with Crippen molar-refractivity contribution in [1.82, 2.24) is 8.61 Å². The van der Waals surface area contributed by atoms with Crippen LogP contribution in [0.15, 0.2) is 0 Å². The smallest absolute Gasteiger partial charge is 0.324 e. The van der Waals surface area contributed by atoms with Gasteiger partial charge in [0.1, 0.15) is 5.54 Å². The summed E-state index contributed by atoms with van der Waals surface area (Å²) in [5.41, 5.74) is -1.45. The zero-order chi connectivity index (χ0) is 15.3. The minimum absolute atomic E-state index is 0.131. The molecule has 0 atom stereocenters. The lowest BCUT2D eigenvalue weighted by Gasteiger charge is -2.36. The van der Waals surface area contributed by atoms with Gasteiger partial charge in [-0.15, -0.1) is 0 Å². The van der Waals surface area contributed by atoms with Gasteiger partial charge in [-0.3, -0.25) is 4.79 Å². The van der Waals surface area contributed by atoms with Crippen molar-refractivity contribution in [2.45, 2.75) is 53.0 Å². The number of hydrogen-bond donors (Lipinski definition) is 1. The number of carbonyl (C=O) groups is 1. The van der Waals surface area contributed by atoms with Gasteiger partial charge >= 0.3 is 5.97 Å². The molecule has 0 heterocycles. The molecule has 1 N–H and O–H groups in total. The minimum Gasteiger partial charge on any atom is -0.480 e. The fourth-order valence-electron chi connectivity index (χ4n) is 1.93. The van der Waals surface area contributed by atoms with Crippen LogP contribution < -0.4 is 0 Å². The Morgan fingerprint density at radius 2 is 1.53 bits per heavy atom. The van der Waals surface area contributed by atoms with E-state index < -0.39 is 21.7 Å². The SMILES string of the molecule is CCCN(CCC)S(=O)(=O)N(CC)C(C)(C)C(=O)O. The summed E-state index contributed by atoms with van der Waals surface area (Å²) in [6.07, 6.45) is 1.40. The lowest BCUT2D eigenvalue weighted by molar-refractivity contribution is -0.146. The molecular weight excluding hydrogens is 268 g/mol. The molecule has 0 unspecified atom stereocenters. The van der Waals surface area contributed by atoms with Crippen LogP contribution in [-0.2, 0) is 15.0 Å². The molecule has 0 radical (unpaired) electrons. The van der Waals surface area contributed by atoms with Gasteiger partial charge in [-0.05, 0) is 26.7 Å². The number of aliphatic carboxylic acids is 1. The number of nitrogens with zero attached hydrogens (tertiary/aromatic N) is 2. The second kappa shape index (κ2) is 7.21. The van der Waals surface area contributed by atoms with E-state index in [1.807, 2.05) is 13.8 Å². The first-order valence-corrected chi connectivity index (χ1v) is 8.07. The molecule has 19 heavy (non-hydrogen) atoms. The van der Waals surface area contributed by atoms with Gasteiger partial charge < -0.3 is 5.11 Å². The van der Waals surface area contributed by atoms with E-state index in [1.165, 1.54) is 18.2 Å². The van der Waals surface area contributed by atoms with Crippen molar-refractivity contribution in [2.75, 3.05) is 19.6 Å². The van der Waals surface area contributed by atoms with Crippen LogP contribution in [0.4, 0.5) is 0 Å². The lowest BCUT2D eigenvalue weighted by Crippen LogP contribution is -2.57. The predicted molar refractivity (Wildman–Crippen MR) is 75.2 cm³/mol. The van der Waals surface area contributed by atoms with E-state index in [0.717, 1.165) is 4.31 Å². The third kappa shape index (κ3) is 4.15. The highest BCUT2D eigenvalue weighted by Crippen LogP contribution is 2.22. The van der Waals surface area contributed by atoms with Gasteiger partial charge in [-0.25, -0.2) is 0 Å². The summed E-state index contributed by atoms with van der Waals surface area (Å²) in [4.78, 5) is 11.3. The topological polar surface area (TPSA) is 77.9 Å². The summed E-state index contributed by atoms with van der Waals surface area (Å²) in [7, 11) is -3.75. The van der Waals surface area contributed by atoms with E-state index in [4.69, 9.17) is 0 Å². The number of carboxylic acids is 1. The number of hydrogen-bond acceptors (Lipinski definition) is 3. The van der Waals surface area contributed by atoms with Gasteiger partial charge in [0.25, 0.3) is 10.2 Å². The molecular formula is C12H26N2O4S. The molecule has 0 spiro atoms. The quantitative estimate of drug-likeness (QED) is 0.699. The third-order valence-electron chi connectivity index (χ3n) is 2.98. The molecule has 0 aromatic rings. The first kappa shape index (κ1) is 18.3. The largest absolute Gasteiger partial charge is 0.480 e. The maximum Gasteiger partial charge on any atom is 0.324 e. The van der Waals surface area contributed by atoms with Crippen molar-refractivity contribution in [1.29, 1.82) is 0 Å². The molecule has 0 fully saturated rings. The second-order valence-corrected chi connectivity index (χ2v) is 6.79.